The van der Waals surface area contributed by atoms with Gasteiger partial charge in [0.15, 0.2) is 16.8 Å². The van der Waals surface area contributed by atoms with Gasteiger partial charge in [-0.2, -0.15) is 0 Å². The van der Waals surface area contributed by atoms with E-state index in [0.29, 0.717) is 11.3 Å². The van der Waals surface area contributed by atoms with E-state index in [1.54, 1.807) is 24.3 Å². The number of hydrogen-bond donors (Lipinski definition) is 2. The predicted molar refractivity (Wildman–Crippen MR) is 81.1 cm³/mol. The molecule has 1 heterocycles. The molecule has 0 aliphatic rings. The standard InChI is InChI=1S/C13H10Cl2N4O2/c1-7(20)8-3-2-4-9(5-8)18-13(21)19-12-10(14)11(15)16-6-17-12/h2-6H,1H3,(H2,16,17,18,19,21). The van der Waals surface area contributed by atoms with Crippen LogP contribution in [0.3, 0.4) is 0 Å². The number of nitrogens with zero attached hydrogens (tertiary/aromatic N) is 2. The predicted octanol–water partition coefficient (Wildman–Crippen LogP) is 3.63. The van der Waals surface area contributed by atoms with Crippen LogP contribution in [0, 0.1) is 0 Å². The minimum atomic E-state index is -0.563. The first-order chi connectivity index (χ1) is 9.97. The van der Waals surface area contributed by atoms with Crippen LogP contribution in [0.25, 0.3) is 0 Å². The van der Waals surface area contributed by atoms with Crippen molar-refractivity contribution < 1.29 is 9.59 Å². The van der Waals surface area contributed by atoms with Gasteiger partial charge in [-0.1, -0.05) is 35.3 Å². The molecule has 6 nitrogen and oxygen atoms in total. The number of carbonyl (C=O) groups excluding carboxylic acids is 2. The highest BCUT2D eigenvalue weighted by Crippen LogP contribution is 2.25. The molecule has 0 aliphatic heterocycles. The van der Waals surface area contributed by atoms with E-state index in [4.69, 9.17) is 23.2 Å². The van der Waals surface area contributed by atoms with Crippen molar-refractivity contribution in [1.29, 1.82) is 0 Å². The lowest BCUT2D eigenvalue weighted by atomic mass is 10.1. The van der Waals surface area contributed by atoms with E-state index in [0.717, 1.165) is 0 Å². The van der Waals surface area contributed by atoms with Crippen LogP contribution < -0.4 is 10.6 Å². The number of ketones is 1. The number of urea groups is 1. The molecule has 0 spiro atoms. The van der Waals surface area contributed by atoms with Crippen molar-refractivity contribution in [3.63, 3.8) is 0 Å². The maximum absolute atomic E-state index is 11.9. The van der Waals surface area contributed by atoms with Gasteiger partial charge in [0.05, 0.1) is 0 Å². The Morgan fingerprint density at radius 2 is 1.90 bits per heavy atom. The van der Waals surface area contributed by atoms with Crippen molar-refractivity contribution >= 4 is 46.5 Å². The van der Waals surface area contributed by atoms with Crippen LogP contribution in [-0.4, -0.2) is 21.8 Å². The summed E-state index contributed by atoms with van der Waals surface area (Å²) in [5.74, 6) is 0.00146. The SMILES string of the molecule is CC(=O)c1cccc(NC(=O)Nc2ncnc(Cl)c2Cl)c1. The van der Waals surface area contributed by atoms with E-state index in [9.17, 15) is 9.59 Å². The fourth-order valence-corrected chi connectivity index (χ4v) is 1.80. The van der Waals surface area contributed by atoms with E-state index in [1.165, 1.54) is 13.3 Å². The topological polar surface area (TPSA) is 84.0 Å². The molecular formula is C13H10Cl2N4O2. The summed E-state index contributed by atoms with van der Waals surface area (Å²) in [6, 6.07) is 5.98. The Morgan fingerprint density at radius 1 is 1.14 bits per heavy atom. The lowest BCUT2D eigenvalue weighted by Crippen LogP contribution is -2.20. The monoisotopic (exact) mass is 324 g/mol. The summed E-state index contributed by atoms with van der Waals surface area (Å²) in [6.07, 6.45) is 1.18. The molecule has 2 N–H and O–H groups in total. The minimum absolute atomic E-state index is 0.0422. The molecule has 0 bridgehead atoms. The number of rotatable bonds is 3. The Balaban J connectivity index is 2.10. The lowest BCUT2D eigenvalue weighted by Gasteiger charge is -2.09. The van der Waals surface area contributed by atoms with Gasteiger partial charge in [-0.25, -0.2) is 14.8 Å². The second-order valence-corrected chi connectivity index (χ2v) is 4.78. The maximum atomic E-state index is 11.9. The third-order valence-corrected chi connectivity index (χ3v) is 3.25. The van der Waals surface area contributed by atoms with Crippen LogP contribution in [-0.2, 0) is 0 Å². The van der Waals surface area contributed by atoms with Crippen molar-refractivity contribution in [1.82, 2.24) is 9.97 Å². The molecule has 8 heteroatoms. The van der Waals surface area contributed by atoms with Crippen LogP contribution in [0.15, 0.2) is 30.6 Å². The molecule has 0 unspecified atom stereocenters. The Bertz CT molecular complexity index is 706. The second kappa shape index (κ2) is 6.51. The molecule has 0 radical (unpaired) electrons. The maximum Gasteiger partial charge on any atom is 0.324 e. The highest BCUT2D eigenvalue weighted by molar-refractivity contribution is 6.43. The highest BCUT2D eigenvalue weighted by atomic mass is 35.5. The Morgan fingerprint density at radius 3 is 2.62 bits per heavy atom. The summed E-state index contributed by atoms with van der Waals surface area (Å²) in [5.41, 5.74) is 0.965. The van der Waals surface area contributed by atoms with Gasteiger partial charge in [0.1, 0.15) is 11.3 Å². The Labute approximate surface area is 130 Å². The smallest absolute Gasteiger partial charge is 0.308 e. The van der Waals surface area contributed by atoms with Crippen molar-refractivity contribution in [2.45, 2.75) is 6.92 Å². The average molecular weight is 325 g/mol. The third-order valence-electron chi connectivity index (χ3n) is 2.51. The third kappa shape index (κ3) is 3.90. The van der Waals surface area contributed by atoms with Crippen LogP contribution in [0.2, 0.25) is 10.2 Å². The molecule has 0 atom stereocenters. The van der Waals surface area contributed by atoms with Crippen LogP contribution in [0.4, 0.5) is 16.3 Å². The average Bonchev–Trinajstić information content (AvgIpc) is 2.44. The summed E-state index contributed by atoms with van der Waals surface area (Å²) in [4.78, 5) is 30.6. The first kappa shape index (κ1) is 15.2. The fourth-order valence-electron chi connectivity index (χ4n) is 1.52. The fraction of sp³-hybridized carbons (Fsp3) is 0.0769. The molecule has 2 amide bonds. The molecular weight excluding hydrogens is 315 g/mol. The Kier molecular flexibility index (Phi) is 4.72. The second-order valence-electron chi connectivity index (χ2n) is 4.04. The Hall–Kier alpha value is -2.18. The summed E-state index contributed by atoms with van der Waals surface area (Å²) in [5, 5.41) is 5.10. The number of benzene rings is 1. The molecule has 0 saturated heterocycles. The molecule has 21 heavy (non-hydrogen) atoms. The van der Waals surface area contributed by atoms with Gasteiger partial charge in [-0.3, -0.25) is 10.1 Å². The molecule has 2 rings (SSSR count). The zero-order valence-electron chi connectivity index (χ0n) is 10.9. The van der Waals surface area contributed by atoms with Crippen molar-refractivity contribution in [2.75, 3.05) is 10.6 Å². The largest absolute Gasteiger partial charge is 0.324 e. The minimum Gasteiger partial charge on any atom is -0.308 e. The number of nitrogens with one attached hydrogen (secondary N) is 2. The zero-order chi connectivity index (χ0) is 15.4. The van der Waals surface area contributed by atoms with E-state index in [-0.39, 0.29) is 21.8 Å². The van der Waals surface area contributed by atoms with Gasteiger partial charge >= 0.3 is 6.03 Å². The van der Waals surface area contributed by atoms with E-state index < -0.39 is 6.03 Å². The number of aromatic nitrogens is 2. The number of amides is 2. The van der Waals surface area contributed by atoms with Crippen molar-refractivity contribution in [3.8, 4) is 0 Å². The van der Waals surface area contributed by atoms with Gasteiger partial charge in [0.2, 0.25) is 0 Å². The molecule has 0 aliphatic carbocycles. The van der Waals surface area contributed by atoms with Crippen LogP contribution in [0.1, 0.15) is 17.3 Å². The molecule has 0 saturated carbocycles. The number of halogens is 2. The van der Waals surface area contributed by atoms with Crippen molar-refractivity contribution in [2.24, 2.45) is 0 Å². The summed E-state index contributed by atoms with van der Waals surface area (Å²) in [7, 11) is 0. The van der Waals surface area contributed by atoms with Gasteiger partial charge in [0, 0.05) is 11.3 Å². The lowest BCUT2D eigenvalue weighted by molar-refractivity contribution is 0.101. The van der Waals surface area contributed by atoms with Gasteiger partial charge < -0.3 is 5.32 Å². The molecule has 2 aromatic rings. The van der Waals surface area contributed by atoms with E-state index >= 15 is 0 Å². The number of carbonyl (C=O) groups is 2. The van der Waals surface area contributed by atoms with Gasteiger partial charge in [0.25, 0.3) is 0 Å². The molecule has 1 aromatic heterocycles. The van der Waals surface area contributed by atoms with Crippen LogP contribution >= 0.6 is 23.2 Å². The number of anilines is 2. The van der Waals surface area contributed by atoms with Gasteiger partial charge in [-0.15, -0.1) is 0 Å². The highest BCUT2D eigenvalue weighted by Gasteiger charge is 2.11. The summed E-state index contributed by atoms with van der Waals surface area (Å²) >= 11 is 11.6. The van der Waals surface area contributed by atoms with E-state index in [2.05, 4.69) is 20.6 Å². The molecule has 0 fully saturated rings. The van der Waals surface area contributed by atoms with E-state index in [1.807, 2.05) is 0 Å². The first-order valence-corrected chi connectivity index (χ1v) is 6.58. The molecule has 108 valence electrons. The molecule has 1 aromatic carbocycles. The number of Topliss-reactive ketones (excluding diaryl/α,β-unsaturated/α-hetero) is 1. The van der Waals surface area contributed by atoms with Gasteiger partial charge in [-0.05, 0) is 19.1 Å². The van der Waals surface area contributed by atoms with Crippen LogP contribution in [0.5, 0.6) is 0 Å². The quantitative estimate of drug-likeness (QED) is 0.667. The normalized spacial score (nSPS) is 10.0. The summed E-state index contributed by atoms with van der Waals surface area (Å²) in [6.45, 7) is 1.45. The van der Waals surface area contributed by atoms with Crippen molar-refractivity contribution in [3.05, 3.63) is 46.3 Å². The summed E-state index contributed by atoms with van der Waals surface area (Å²) < 4.78 is 0. The zero-order valence-corrected chi connectivity index (χ0v) is 12.4. The first-order valence-electron chi connectivity index (χ1n) is 5.82. The number of hydrogen-bond acceptors (Lipinski definition) is 4.